The zero-order chi connectivity index (χ0) is 10.7. The lowest BCUT2D eigenvalue weighted by atomic mass is 9.74. The second kappa shape index (κ2) is 4.23. The van der Waals surface area contributed by atoms with Crippen LogP contribution < -0.4 is 5.46 Å². The number of carboxylic acids is 1. The first-order chi connectivity index (χ1) is 6.57. The third-order valence-corrected chi connectivity index (χ3v) is 1.86. The van der Waals surface area contributed by atoms with Crippen molar-refractivity contribution in [1.29, 1.82) is 0 Å². The molecule has 4 N–H and O–H groups in total. The van der Waals surface area contributed by atoms with Crippen LogP contribution in [0.2, 0.25) is 0 Å². The first-order valence-corrected chi connectivity index (χ1v) is 3.90. The van der Waals surface area contributed by atoms with Crippen LogP contribution in [0, 0.1) is 0 Å². The molecular weight excluding hydrogens is 187 g/mol. The molecule has 0 radical (unpaired) electrons. The summed E-state index contributed by atoms with van der Waals surface area (Å²) in [5.41, 5.74) is -0.186. The minimum absolute atomic E-state index is 0.164. The number of benzene rings is 1. The molecule has 0 aliphatic heterocycles. The first-order valence-electron chi connectivity index (χ1n) is 3.90. The summed E-state index contributed by atoms with van der Waals surface area (Å²) >= 11 is 0. The molecule has 1 aromatic rings. The smallest absolute Gasteiger partial charge is 0.478 e. The van der Waals surface area contributed by atoms with Crippen LogP contribution in [0.1, 0.15) is 15.9 Å². The van der Waals surface area contributed by atoms with Crippen LogP contribution in [0.15, 0.2) is 18.2 Å². The van der Waals surface area contributed by atoms with Gasteiger partial charge in [0.1, 0.15) is 0 Å². The molecule has 0 atom stereocenters. The van der Waals surface area contributed by atoms with Gasteiger partial charge in [-0.3, -0.25) is 0 Å². The Morgan fingerprint density at radius 2 is 2.00 bits per heavy atom. The molecular formula is C8H9BO5. The summed E-state index contributed by atoms with van der Waals surface area (Å²) < 4.78 is 0. The Morgan fingerprint density at radius 3 is 2.43 bits per heavy atom. The maximum Gasteiger partial charge on any atom is 0.489 e. The van der Waals surface area contributed by atoms with Gasteiger partial charge in [-0.2, -0.15) is 0 Å². The fourth-order valence-electron chi connectivity index (χ4n) is 1.24. The van der Waals surface area contributed by atoms with Gasteiger partial charge in [0.25, 0.3) is 0 Å². The Labute approximate surface area is 80.4 Å². The Kier molecular flexibility index (Phi) is 3.24. The quantitative estimate of drug-likeness (QED) is 0.443. The van der Waals surface area contributed by atoms with Gasteiger partial charge in [-0.05, 0) is 11.6 Å². The average molecular weight is 196 g/mol. The lowest BCUT2D eigenvalue weighted by molar-refractivity contribution is 0.0697. The standard InChI is InChI=1S/C8H9BO5/c10-4-5-2-1-3-6(8(11)12)7(5)9(13)14/h1-3,10,13-14H,4H2,(H,11,12). The molecule has 0 fully saturated rings. The minimum Gasteiger partial charge on any atom is -0.478 e. The van der Waals surface area contributed by atoms with Gasteiger partial charge in [0.05, 0.1) is 12.2 Å². The number of hydrogen-bond acceptors (Lipinski definition) is 4. The normalized spacial score (nSPS) is 9.93. The molecule has 1 aromatic carbocycles. The fraction of sp³-hybridized carbons (Fsp3) is 0.125. The molecule has 0 heterocycles. The van der Waals surface area contributed by atoms with Crippen LogP contribution in [0.25, 0.3) is 0 Å². The third kappa shape index (κ3) is 1.93. The molecule has 74 valence electrons. The number of carbonyl (C=O) groups is 1. The van der Waals surface area contributed by atoms with E-state index >= 15 is 0 Å². The van der Waals surface area contributed by atoms with Crippen molar-refractivity contribution >= 4 is 18.6 Å². The van der Waals surface area contributed by atoms with Gasteiger partial charge in [-0.25, -0.2) is 4.79 Å². The molecule has 0 spiro atoms. The molecule has 0 unspecified atom stereocenters. The van der Waals surface area contributed by atoms with E-state index in [2.05, 4.69) is 0 Å². The summed E-state index contributed by atoms with van der Waals surface area (Å²) in [4.78, 5) is 10.7. The Balaban J connectivity index is 3.35. The summed E-state index contributed by atoms with van der Waals surface area (Å²) in [6.45, 7) is -0.436. The number of aliphatic hydroxyl groups is 1. The van der Waals surface area contributed by atoms with E-state index in [-0.39, 0.29) is 16.6 Å². The first kappa shape index (κ1) is 10.7. The van der Waals surface area contributed by atoms with Gasteiger partial charge in [-0.1, -0.05) is 12.1 Å². The van der Waals surface area contributed by atoms with E-state index in [4.69, 9.17) is 20.3 Å². The van der Waals surface area contributed by atoms with Crippen LogP contribution in [-0.2, 0) is 6.61 Å². The van der Waals surface area contributed by atoms with Crippen molar-refractivity contribution in [2.24, 2.45) is 0 Å². The maximum atomic E-state index is 10.7. The maximum absolute atomic E-state index is 10.7. The Hall–Kier alpha value is -1.37. The predicted octanol–water partition coefficient (Wildman–Crippen LogP) is -1.44. The van der Waals surface area contributed by atoms with E-state index in [1.165, 1.54) is 18.2 Å². The third-order valence-electron chi connectivity index (χ3n) is 1.86. The Bertz CT molecular complexity index is 350. The second-order valence-electron chi connectivity index (χ2n) is 2.72. The van der Waals surface area contributed by atoms with Crippen LogP contribution in [0.3, 0.4) is 0 Å². The van der Waals surface area contributed by atoms with Gasteiger partial charge in [-0.15, -0.1) is 0 Å². The van der Waals surface area contributed by atoms with E-state index < -0.39 is 19.7 Å². The summed E-state index contributed by atoms with van der Waals surface area (Å²) in [5, 5.41) is 35.5. The summed E-state index contributed by atoms with van der Waals surface area (Å²) in [6, 6.07) is 4.11. The van der Waals surface area contributed by atoms with Crippen LogP contribution in [-0.4, -0.2) is 33.3 Å². The van der Waals surface area contributed by atoms with E-state index in [1.807, 2.05) is 0 Å². The second-order valence-corrected chi connectivity index (χ2v) is 2.72. The zero-order valence-electron chi connectivity index (χ0n) is 7.21. The number of carboxylic acid groups (broad SMARTS) is 1. The highest BCUT2D eigenvalue weighted by molar-refractivity contribution is 6.60. The molecule has 14 heavy (non-hydrogen) atoms. The highest BCUT2D eigenvalue weighted by Gasteiger charge is 2.23. The Morgan fingerprint density at radius 1 is 1.36 bits per heavy atom. The lowest BCUT2D eigenvalue weighted by Crippen LogP contribution is -2.37. The van der Waals surface area contributed by atoms with Gasteiger partial charge >= 0.3 is 13.1 Å². The molecule has 0 aliphatic rings. The predicted molar refractivity (Wildman–Crippen MR) is 49.1 cm³/mol. The molecule has 0 aliphatic carbocycles. The largest absolute Gasteiger partial charge is 0.489 e. The van der Waals surface area contributed by atoms with Crippen LogP contribution >= 0.6 is 0 Å². The lowest BCUT2D eigenvalue weighted by Gasteiger charge is -2.09. The number of hydrogen-bond donors (Lipinski definition) is 4. The zero-order valence-corrected chi connectivity index (χ0v) is 7.21. The number of aromatic carboxylic acids is 1. The highest BCUT2D eigenvalue weighted by Crippen LogP contribution is 2.03. The summed E-state index contributed by atoms with van der Waals surface area (Å²) in [7, 11) is -1.90. The summed E-state index contributed by atoms with van der Waals surface area (Å²) in [6.07, 6.45) is 0. The van der Waals surface area contributed by atoms with Crippen molar-refractivity contribution in [1.82, 2.24) is 0 Å². The highest BCUT2D eigenvalue weighted by atomic mass is 16.4. The van der Waals surface area contributed by atoms with Crippen molar-refractivity contribution < 1.29 is 25.1 Å². The molecule has 6 heteroatoms. The van der Waals surface area contributed by atoms with Crippen molar-refractivity contribution in [2.45, 2.75) is 6.61 Å². The van der Waals surface area contributed by atoms with Gasteiger partial charge in [0.2, 0.25) is 0 Å². The van der Waals surface area contributed by atoms with Crippen LogP contribution in [0.4, 0.5) is 0 Å². The molecule has 0 amide bonds. The molecule has 5 nitrogen and oxygen atoms in total. The topological polar surface area (TPSA) is 98.0 Å². The molecule has 0 bridgehead atoms. The van der Waals surface area contributed by atoms with Gasteiger partial charge in [0, 0.05) is 5.46 Å². The number of aliphatic hydroxyl groups excluding tert-OH is 1. The van der Waals surface area contributed by atoms with Crippen molar-refractivity contribution in [3.8, 4) is 0 Å². The van der Waals surface area contributed by atoms with Crippen molar-refractivity contribution in [3.63, 3.8) is 0 Å². The van der Waals surface area contributed by atoms with E-state index in [9.17, 15) is 4.79 Å². The number of rotatable bonds is 3. The van der Waals surface area contributed by atoms with E-state index in [0.717, 1.165) is 0 Å². The minimum atomic E-state index is -1.90. The van der Waals surface area contributed by atoms with Crippen molar-refractivity contribution in [3.05, 3.63) is 29.3 Å². The van der Waals surface area contributed by atoms with Crippen LogP contribution in [0.5, 0.6) is 0 Å². The van der Waals surface area contributed by atoms with Gasteiger partial charge < -0.3 is 20.3 Å². The molecule has 0 aromatic heterocycles. The molecule has 1 rings (SSSR count). The average Bonchev–Trinajstić information content (AvgIpc) is 2.16. The monoisotopic (exact) mass is 196 g/mol. The summed E-state index contributed by atoms with van der Waals surface area (Å²) in [5.74, 6) is -1.26. The van der Waals surface area contributed by atoms with E-state index in [0.29, 0.717) is 0 Å². The molecule has 0 saturated carbocycles. The van der Waals surface area contributed by atoms with E-state index in [1.54, 1.807) is 0 Å². The molecule has 0 saturated heterocycles. The fourth-order valence-corrected chi connectivity index (χ4v) is 1.24. The van der Waals surface area contributed by atoms with Gasteiger partial charge in [0.15, 0.2) is 0 Å². The SMILES string of the molecule is O=C(O)c1cccc(CO)c1B(O)O. The van der Waals surface area contributed by atoms with Crippen molar-refractivity contribution in [2.75, 3.05) is 0 Å².